The first kappa shape index (κ1) is 15.4. The van der Waals surface area contributed by atoms with E-state index in [1.807, 2.05) is 18.2 Å². The van der Waals surface area contributed by atoms with Crippen LogP contribution in [0.1, 0.15) is 30.7 Å². The van der Waals surface area contributed by atoms with Gasteiger partial charge in [0.1, 0.15) is 12.0 Å². The van der Waals surface area contributed by atoms with Gasteiger partial charge in [-0.05, 0) is 18.9 Å². The van der Waals surface area contributed by atoms with E-state index in [9.17, 15) is 9.59 Å². The molecule has 0 spiro atoms. The van der Waals surface area contributed by atoms with Crippen molar-refractivity contribution >= 4 is 17.9 Å². The number of ether oxygens (including phenoxy) is 2. The van der Waals surface area contributed by atoms with Crippen LogP contribution < -0.4 is 9.64 Å². The lowest BCUT2D eigenvalue weighted by molar-refractivity contribution is -0.143. The van der Waals surface area contributed by atoms with Crippen molar-refractivity contribution in [2.45, 2.75) is 25.2 Å². The lowest BCUT2D eigenvalue weighted by Crippen LogP contribution is -2.19. The average molecular weight is 291 g/mol. The van der Waals surface area contributed by atoms with E-state index < -0.39 is 11.9 Å². The average Bonchev–Trinajstić information content (AvgIpc) is 3.06. The Morgan fingerprint density at radius 2 is 2.05 bits per heavy atom. The second-order valence-corrected chi connectivity index (χ2v) is 5.10. The Labute approximate surface area is 124 Å². The first-order valence-corrected chi connectivity index (χ1v) is 7.15. The molecule has 0 saturated carbocycles. The minimum Gasteiger partial charge on any atom is -0.496 e. The molecule has 1 aromatic carbocycles. The number of esters is 1. The summed E-state index contributed by atoms with van der Waals surface area (Å²) in [5.74, 6) is -0.416. The Balaban J connectivity index is 2.33. The maximum Gasteiger partial charge on any atom is 0.313 e. The fourth-order valence-corrected chi connectivity index (χ4v) is 2.75. The second-order valence-electron chi connectivity index (χ2n) is 5.10. The lowest BCUT2D eigenvalue weighted by Gasteiger charge is -2.21. The van der Waals surface area contributed by atoms with E-state index in [1.54, 1.807) is 7.11 Å². The summed E-state index contributed by atoms with van der Waals surface area (Å²) in [5, 5.41) is 0. The summed E-state index contributed by atoms with van der Waals surface area (Å²) in [6, 6.07) is 5.77. The highest BCUT2D eigenvalue weighted by Gasteiger charge is 2.25. The van der Waals surface area contributed by atoms with Crippen LogP contribution in [0.3, 0.4) is 0 Å². The fraction of sp³-hybridized carbons (Fsp3) is 0.500. The van der Waals surface area contributed by atoms with Crippen molar-refractivity contribution in [1.82, 2.24) is 0 Å². The van der Waals surface area contributed by atoms with Crippen LogP contribution in [-0.2, 0) is 14.3 Å². The fourth-order valence-electron chi connectivity index (χ4n) is 2.75. The van der Waals surface area contributed by atoms with Gasteiger partial charge in [-0.25, -0.2) is 0 Å². The third-order valence-electron chi connectivity index (χ3n) is 3.88. The molecular formula is C16H21NO4. The molecule has 1 aliphatic rings. The van der Waals surface area contributed by atoms with Crippen LogP contribution >= 0.6 is 0 Å². The molecule has 0 amide bonds. The number of carbonyl (C=O) groups excluding carboxylic acids is 2. The van der Waals surface area contributed by atoms with Crippen molar-refractivity contribution in [3.8, 4) is 5.75 Å². The highest BCUT2D eigenvalue weighted by molar-refractivity contribution is 5.82. The van der Waals surface area contributed by atoms with Crippen molar-refractivity contribution in [2.75, 3.05) is 32.2 Å². The van der Waals surface area contributed by atoms with Gasteiger partial charge in [0.15, 0.2) is 0 Å². The minimum absolute atomic E-state index is 0.0894. The van der Waals surface area contributed by atoms with Crippen molar-refractivity contribution in [3.05, 3.63) is 23.8 Å². The molecule has 0 radical (unpaired) electrons. The Hall–Kier alpha value is -2.04. The highest BCUT2D eigenvalue weighted by atomic mass is 16.5. The van der Waals surface area contributed by atoms with Crippen LogP contribution in [0.5, 0.6) is 5.75 Å². The minimum atomic E-state index is -0.616. The topological polar surface area (TPSA) is 55.8 Å². The molecule has 1 fully saturated rings. The number of hydrogen-bond acceptors (Lipinski definition) is 5. The molecule has 0 N–H and O–H groups in total. The number of rotatable bonds is 6. The smallest absolute Gasteiger partial charge is 0.313 e. The summed E-state index contributed by atoms with van der Waals surface area (Å²) in [6.45, 7) is 2.08. The van der Waals surface area contributed by atoms with E-state index in [4.69, 9.17) is 9.47 Å². The standard InChI is InChI=1S/C16H21NO4/c1-20-15-11-12(17-8-3-4-9-17)5-6-13(15)14(7-10-18)16(19)21-2/h5-6,10-11,14H,3-4,7-9H2,1-2H3/t14-/m1/s1. The molecule has 1 aromatic rings. The van der Waals surface area contributed by atoms with Gasteiger partial charge in [0.25, 0.3) is 0 Å². The first-order valence-electron chi connectivity index (χ1n) is 7.15. The van der Waals surface area contributed by atoms with Gasteiger partial charge >= 0.3 is 5.97 Å². The van der Waals surface area contributed by atoms with Gasteiger partial charge in [-0.2, -0.15) is 0 Å². The van der Waals surface area contributed by atoms with Crippen LogP contribution in [0.15, 0.2) is 18.2 Å². The van der Waals surface area contributed by atoms with E-state index in [-0.39, 0.29) is 6.42 Å². The van der Waals surface area contributed by atoms with Crippen molar-refractivity contribution in [2.24, 2.45) is 0 Å². The number of methoxy groups -OCH3 is 2. The molecule has 5 heteroatoms. The van der Waals surface area contributed by atoms with Crippen LogP contribution in [0.4, 0.5) is 5.69 Å². The van der Waals surface area contributed by atoms with E-state index in [0.717, 1.165) is 25.1 Å². The van der Waals surface area contributed by atoms with E-state index in [2.05, 4.69) is 4.90 Å². The molecule has 0 unspecified atom stereocenters. The van der Waals surface area contributed by atoms with Gasteiger partial charge in [0, 0.05) is 36.8 Å². The van der Waals surface area contributed by atoms with Gasteiger partial charge in [0.2, 0.25) is 0 Å². The zero-order valence-corrected chi connectivity index (χ0v) is 12.5. The van der Waals surface area contributed by atoms with E-state index in [0.29, 0.717) is 11.3 Å². The molecule has 2 rings (SSSR count). The molecule has 1 atom stereocenters. The predicted molar refractivity (Wildman–Crippen MR) is 79.9 cm³/mol. The number of benzene rings is 1. The molecule has 1 saturated heterocycles. The third-order valence-corrected chi connectivity index (χ3v) is 3.88. The molecule has 0 bridgehead atoms. The number of nitrogens with zero attached hydrogens (tertiary/aromatic N) is 1. The molecule has 1 heterocycles. The zero-order valence-electron chi connectivity index (χ0n) is 12.5. The van der Waals surface area contributed by atoms with Gasteiger partial charge < -0.3 is 19.2 Å². The Morgan fingerprint density at radius 3 is 2.62 bits per heavy atom. The van der Waals surface area contributed by atoms with E-state index in [1.165, 1.54) is 20.0 Å². The summed E-state index contributed by atoms with van der Waals surface area (Å²) in [4.78, 5) is 25.0. The molecule has 5 nitrogen and oxygen atoms in total. The second kappa shape index (κ2) is 7.11. The summed E-state index contributed by atoms with van der Waals surface area (Å²) in [5.41, 5.74) is 1.78. The van der Waals surface area contributed by atoms with Crippen LogP contribution in [-0.4, -0.2) is 39.6 Å². The summed E-state index contributed by atoms with van der Waals surface area (Å²) in [6.07, 6.45) is 3.21. The van der Waals surface area contributed by atoms with Gasteiger partial charge in [0.05, 0.1) is 20.1 Å². The quantitative estimate of drug-likeness (QED) is 0.593. The number of aldehydes is 1. The molecule has 0 aliphatic carbocycles. The van der Waals surface area contributed by atoms with Crippen molar-refractivity contribution in [3.63, 3.8) is 0 Å². The molecular weight excluding hydrogens is 270 g/mol. The maximum atomic E-state index is 11.9. The number of carbonyl (C=O) groups is 2. The van der Waals surface area contributed by atoms with Crippen LogP contribution in [0.25, 0.3) is 0 Å². The molecule has 21 heavy (non-hydrogen) atoms. The van der Waals surface area contributed by atoms with Gasteiger partial charge in [-0.15, -0.1) is 0 Å². The largest absolute Gasteiger partial charge is 0.496 e. The van der Waals surface area contributed by atoms with Gasteiger partial charge in [-0.3, -0.25) is 4.79 Å². The summed E-state index contributed by atoms with van der Waals surface area (Å²) in [7, 11) is 2.90. The summed E-state index contributed by atoms with van der Waals surface area (Å²) < 4.78 is 10.2. The molecule has 1 aliphatic heterocycles. The number of hydrogen-bond donors (Lipinski definition) is 0. The predicted octanol–water partition coefficient (Wildman–Crippen LogP) is 2.14. The lowest BCUT2D eigenvalue weighted by atomic mass is 9.95. The third kappa shape index (κ3) is 3.35. The monoisotopic (exact) mass is 291 g/mol. The van der Waals surface area contributed by atoms with Crippen molar-refractivity contribution < 1.29 is 19.1 Å². The first-order chi connectivity index (χ1) is 10.2. The Kier molecular flexibility index (Phi) is 5.20. The normalized spacial score (nSPS) is 15.6. The zero-order chi connectivity index (χ0) is 15.2. The Morgan fingerprint density at radius 1 is 1.33 bits per heavy atom. The maximum absolute atomic E-state index is 11.9. The highest BCUT2D eigenvalue weighted by Crippen LogP contribution is 2.34. The van der Waals surface area contributed by atoms with Gasteiger partial charge in [-0.1, -0.05) is 6.07 Å². The Bertz CT molecular complexity index is 509. The molecule has 0 aromatic heterocycles. The SMILES string of the molecule is COC(=O)[C@H](CC=O)c1ccc(N2CCCC2)cc1OC. The number of anilines is 1. The molecule has 114 valence electrons. The van der Waals surface area contributed by atoms with E-state index >= 15 is 0 Å². The van der Waals surface area contributed by atoms with Crippen LogP contribution in [0.2, 0.25) is 0 Å². The van der Waals surface area contributed by atoms with Crippen LogP contribution in [0, 0.1) is 0 Å². The summed E-state index contributed by atoms with van der Waals surface area (Å²) >= 11 is 0. The van der Waals surface area contributed by atoms with Crippen molar-refractivity contribution in [1.29, 1.82) is 0 Å².